The van der Waals surface area contributed by atoms with Gasteiger partial charge in [0.05, 0.1) is 33.8 Å². The third kappa shape index (κ3) is 14.0. The Hall–Kier alpha value is -7.92. The number of aromatic hydroxyl groups is 1. The molecule has 1 saturated carbocycles. The zero-order valence-corrected chi connectivity index (χ0v) is 45.7. The molecular formula is C56H66FN9O12S. The van der Waals surface area contributed by atoms with Crippen molar-refractivity contribution in [2.24, 2.45) is 5.41 Å². The Morgan fingerprint density at radius 1 is 0.924 bits per heavy atom. The normalized spacial score (nSPS) is 17.5. The molecule has 420 valence electrons. The molecular weight excluding hydrogens is 1040 g/mol. The minimum absolute atomic E-state index is 0.0340. The second kappa shape index (κ2) is 24.4. The molecule has 4 atom stereocenters. The molecule has 79 heavy (non-hydrogen) atoms. The molecule has 1 aliphatic heterocycles. The van der Waals surface area contributed by atoms with Crippen molar-refractivity contribution in [3.8, 4) is 39.0 Å². The number of thiazole rings is 1. The summed E-state index contributed by atoms with van der Waals surface area (Å²) < 4.78 is 31.9. The van der Waals surface area contributed by atoms with E-state index in [1.807, 2.05) is 19.1 Å². The minimum atomic E-state index is -2.01. The van der Waals surface area contributed by atoms with Gasteiger partial charge in [0, 0.05) is 63.9 Å². The van der Waals surface area contributed by atoms with Crippen LogP contribution in [0.25, 0.3) is 21.8 Å². The van der Waals surface area contributed by atoms with Crippen LogP contribution in [0.1, 0.15) is 109 Å². The number of β-amino-alcohol motifs (C(OH)–C–C–N with tert-alkyl or cyclic N) is 1. The number of ether oxygens (including phenoxy) is 2. The number of halogens is 1. The van der Waals surface area contributed by atoms with Crippen molar-refractivity contribution in [2.45, 2.75) is 109 Å². The number of nitrogens with zero attached hydrogens (tertiary/aromatic N) is 4. The highest BCUT2D eigenvalue weighted by Crippen LogP contribution is 2.41. The van der Waals surface area contributed by atoms with Crippen LogP contribution in [0.5, 0.6) is 17.2 Å². The summed E-state index contributed by atoms with van der Waals surface area (Å²) >= 11 is 1.44. The number of phenols is 1. The molecule has 23 heteroatoms. The zero-order valence-electron chi connectivity index (χ0n) is 44.9. The number of carbonyl (C=O) groups is 7. The lowest BCUT2D eigenvalue weighted by atomic mass is 9.85. The van der Waals surface area contributed by atoms with E-state index in [-0.39, 0.29) is 86.2 Å². The molecule has 1 saturated heterocycles. The third-order valence-electron chi connectivity index (χ3n) is 14.0. The van der Waals surface area contributed by atoms with Gasteiger partial charge in [-0.25, -0.2) is 9.37 Å². The largest absolute Gasteiger partial charge is 0.507 e. The van der Waals surface area contributed by atoms with Crippen LogP contribution in [-0.2, 0) is 36.9 Å². The lowest BCUT2D eigenvalue weighted by Crippen LogP contribution is -2.59. The number of aliphatic hydroxyl groups is 1. The van der Waals surface area contributed by atoms with Crippen LogP contribution in [0, 0.1) is 12.3 Å². The summed E-state index contributed by atoms with van der Waals surface area (Å²) in [7, 11) is 3.16. The van der Waals surface area contributed by atoms with Crippen LogP contribution in [0.2, 0.25) is 0 Å². The van der Waals surface area contributed by atoms with Crippen LogP contribution in [0.15, 0.2) is 70.7 Å². The smallest absolute Gasteiger partial charge is 0.273 e. The highest BCUT2D eigenvalue weighted by molar-refractivity contribution is 7.13. The molecule has 2 aliphatic carbocycles. The summed E-state index contributed by atoms with van der Waals surface area (Å²) in [6.07, 6.45) is 1.55. The summed E-state index contributed by atoms with van der Waals surface area (Å²) in [5.74, 6) is -2.81. The van der Waals surface area contributed by atoms with Gasteiger partial charge in [-0.1, -0.05) is 50.2 Å². The van der Waals surface area contributed by atoms with E-state index in [1.165, 1.54) is 39.3 Å². The average Bonchev–Trinajstić information content (AvgIpc) is 4.07. The molecule has 0 radical (unpaired) electrons. The molecule has 2 fully saturated rings. The first-order valence-corrected chi connectivity index (χ1v) is 27.0. The van der Waals surface area contributed by atoms with E-state index in [2.05, 4.69) is 36.7 Å². The second-order valence-corrected chi connectivity index (χ2v) is 22.2. The van der Waals surface area contributed by atoms with Gasteiger partial charge in [-0.2, -0.15) is 0 Å². The SMILES string of the molecule is Cc1ncsc1-c1ccc(CNC(=O)[C@@H]2C[C@@H](O)CN2C(=O)C(NC(=O)C2(F)CC2)C(C)(C)C)c(OCC(=O)NCCCCNC(=O)COc2ccc3c(c2)[C@H](NC(=O)c2cc(-c4ccc(C(=O)N(C)C)c(O)c4)on2)CC3)c1. The molecule has 8 rings (SSSR count). The number of fused-ring (bicyclic) bond motifs is 1. The summed E-state index contributed by atoms with van der Waals surface area (Å²) in [5, 5.41) is 39.1. The number of aromatic nitrogens is 2. The van der Waals surface area contributed by atoms with Crippen molar-refractivity contribution in [2.75, 3.05) is 46.9 Å². The molecule has 7 N–H and O–H groups in total. The maximum atomic E-state index is 14.7. The lowest BCUT2D eigenvalue weighted by Gasteiger charge is -2.35. The minimum Gasteiger partial charge on any atom is -0.507 e. The van der Waals surface area contributed by atoms with E-state index in [4.69, 9.17) is 14.0 Å². The lowest BCUT2D eigenvalue weighted by molar-refractivity contribution is -0.145. The van der Waals surface area contributed by atoms with Gasteiger partial charge in [0.2, 0.25) is 11.8 Å². The first-order chi connectivity index (χ1) is 37.6. The molecule has 5 aromatic rings. The molecule has 1 unspecified atom stereocenters. The standard InChI is InChI=1S/C56H66FN9O12S/c1-31-48(79-30-61-31)34-9-10-35(26-60-51(72)42-23-36(67)27-66(42)53(74)49(55(2,3)4)63-54(75)56(57)17-18-56)44(22-34)77-29-47(70)59-20-8-7-19-58-46(69)28-76-37-14-11-32-13-16-40(39(32)24-37)62-50(71)41-25-45(78-64-41)33-12-15-38(43(68)21-33)52(73)65(5)6/h9-12,14-15,21-22,24-25,30,36,40,42,49,67-68H,7-8,13,16-20,23,26-29H2,1-6H3,(H,58,69)(H,59,70)(H,60,72)(H,62,71)(H,63,75)/t36-,40-,42+,49?/m1/s1. The quantitative estimate of drug-likeness (QED) is 0.0464. The molecule has 21 nitrogen and oxygen atoms in total. The topological polar surface area (TPSA) is 284 Å². The molecule has 3 aliphatic rings. The van der Waals surface area contributed by atoms with E-state index in [0.717, 1.165) is 33.7 Å². The van der Waals surface area contributed by atoms with E-state index in [1.54, 1.807) is 70.7 Å². The highest BCUT2D eigenvalue weighted by atomic mass is 32.1. The monoisotopic (exact) mass is 1110 g/mol. The fourth-order valence-electron chi connectivity index (χ4n) is 9.35. The first kappa shape index (κ1) is 57.3. The number of rotatable bonds is 22. The van der Waals surface area contributed by atoms with Gasteiger partial charge < -0.3 is 60.6 Å². The Morgan fingerprint density at radius 3 is 2.29 bits per heavy atom. The van der Waals surface area contributed by atoms with Crippen molar-refractivity contribution >= 4 is 52.7 Å². The number of nitrogens with one attached hydrogen (secondary N) is 5. The number of benzene rings is 3. The molecule has 3 heterocycles. The summed E-state index contributed by atoms with van der Waals surface area (Å²) in [4.78, 5) is 99.6. The predicted octanol–water partition coefficient (Wildman–Crippen LogP) is 4.68. The van der Waals surface area contributed by atoms with Crippen LogP contribution in [0.3, 0.4) is 0 Å². The maximum Gasteiger partial charge on any atom is 0.273 e. The Kier molecular flexibility index (Phi) is 17.7. The van der Waals surface area contributed by atoms with Crippen molar-refractivity contribution < 1.29 is 62.2 Å². The van der Waals surface area contributed by atoms with Crippen LogP contribution in [0.4, 0.5) is 4.39 Å². The van der Waals surface area contributed by atoms with Crippen molar-refractivity contribution in [3.05, 3.63) is 99.8 Å². The average molecular weight is 1110 g/mol. The number of amides is 7. The molecule has 3 aromatic carbocycles. The van der Waals surface area contributed by atoms with Crippen LogP contribution < -0.4 is 36.1 Å². The van der Waals surface area contributed by atoms with Gasteiger partial charge in [-0.3, -0.25) is 33.6 Å². The number of aliphatic hydroxyl groups excluding tert-OH is 1. The fourth-order valence-corrected chi connectivity index (χ4v) is 10.2. The molecule has 2 aromatic heterocycles. The molecule has 7 amide bonds. The number of phenolic OH excluding ortho intramolecular Hbond substituents is 1. The van der Waals surface area contributed by atoms with E-state index < -0.39 is 58.8 Å². The number of hydrogen-bond donors (Lipinski definition) is 7. The number of likely N-dealkylation sites (tertiary alicyclic amines) is 1. The highest BCUT2D eigenvalue weighted by Gasteiger charge is 2.53. The van der Waals surface area contributed by atoms with E-state index >= 15 is 0 Å². The maximum absolute atomic E-state index is 14.7. The van der Waals surface area contributed by atoms with Gasteiger partial charge in [0.1, 0.15) is 29.3 Å². The van der Waals surface area contributed by atoms with Gasteiger partial charge in [0.15, 0.2) is 30.3 Å². The number of hydrogen-bond acceptors (Lipinski definition) is 15. The van der Waals surface area contributed by atoms with Gasteiger partial charge in [-0.05, 0) is 97.9 Å². The van der Waals surface area contributed by atoms with Crippen molar-refractivity contribution in [1.82, 2.24) is 46.5 Å². The Balaban J connectivity index is 0.768. The van der Waals surface area contributed by atoms with E-state index in [0.29, 0.717) is 55.0 Å². The number of aryl methyl sites for hydroxylation is 2. The Morgan fingerprint density at radius 2 is 1.63 bits per heavy atom. The summed E-state index contributed by atoms with van der Waals surface area (Å²) in [6, 6.07) is 14.2. The van der Waals surface area contributed by atoms with Crippen molar-refractivity contribution in [3.63, 3.8) is 0 Å². The molecule has 0 spiro atoms. The van der Waals surface area contributed by atoms with E-state index in [9.17, 15) is 48.2 Å². The Labute approximate surface area is 460 Å². The first-order valence-electron chi connectivity index (χ1n) is 26.1. The van der Waals surface area contributed by atoms with Gasteiger partial charge in [-0.15, -0.1) is 11.3 Å². The summed E-state index contributed by atoms with van der Waals surface area (Å²) in [5.41, 5.74) is 3.47. The van der Waals surface area contributed by atoms with Gasteiger partial charge in [0.25, 0.3) is 29.5 Å². The number of unbranched alkanes of at least 4 members (excludes halogenated alkanes) is 1. The number of alkyl halides is 1. The summed E-state index contributed by atoms with van der Waals surface area (Å²) in [6.45, 7) is 6.90. The van der Waals surface area contributed by atoms with Crippen molar-refractivity contribution in [1.29, 1.82) is 0 Å². The number of carbonyl (C=O) groups excluding carboxylic acids is 7. The Bertz CT molecular complexity index is 3110. The third-order valence-corrected chi connectivity index (χ3v) is 15.0. The van der Waals surface area contributed by atoms with Crippen LogP contribution >= 0.6 is 11.3 Å². The van der Waals surface area contributed by atoms with Crippen LogP contribution in [-0.4, -0.2) is 142 Å². The van der Waals surface area contributed by atoms with Gasteiger partial charge >= 0.3 is 0 Å². The predicted molar refractivity (Wildman–Crippen MR) is 288 cm³/mol. The second-order valence-electron chi connectivity index (χ2n) is 21.4. The zero-order chi connectivity index (χ0) is 56.8. The molecule has 0 bridgehead atoms. The fraction of sp³-hybridized carbons (Fsp3) is 0.446.